The number of nitrogens with zero attached hydrogens (tertiary/aromatic N) is 4. The number of amides is 3. The minimum Gasteiger partial charge on any atom is -0.368 e. The van der Waals surface area contributed by atoms with E-state index in [4.69, 9.17) is 11.6 Å². The number of benzene rings is 1. The van der Waals surface area contributed by atoms with E-state index in [9.17, 15) is 9.59 Å². The van der Waals surface area contributed by atoms with E-state index in [1.54, 1.807) is 4.90 Å². The van der Waals surface area contributed by atoms with E-state index in [1.165, 1.54) is 0 Å². The molecule has 1 saturated heterocycles. The zero-order valence-electron chi connectivity index (χ0n) is 15.9. The molecule has 150 valence electrons. The van der Waals surface area contributed by atoms with Crippen molar-refractivity contribution in [3.05, 3.63) is 35.1 Å². The second kappa shape index (κ2) is 8.92. The molecule has 1 aromatic heterocycles. The first-order valence-electron chi connectivity index (χ1n) is 9.18. The first-order chi connectivity index (χ1) is 13.4. The van der Waals surface area contributed by atoms with E-state index in [0.717, 1.165) is 18.8 Å². The molecule has 28 heavy (non-hydrogen) atoms. The van der Waals surface area contributed by atoms with Crippen LogP contribution in [0.5, 0.6) is 0 Å². The quantitative estimate of drug-likeness (QED) is 0.705. The van der Waals surface area contributed by atoms with E-state index in [1.807, 2.05) is 38.1 Å². The molecule has 1 aliphatic heterocycles. The minimum atomic E-state index is -0.373. The molecule has 0 unspecified atom stereocenters. The number of aromatic nitrogens is 3. The average Bonchev–Trinajstić information content (AvgIpc) is 3.16. The van der Waals surface area contributed by atoms with Gasteiger partial charge in [0.25, 0.3) is 0 Å². The molecule has 2 aromatic rings. The average molecular weight is 406 g/mol. The first-order valence-corrected chi connectivity index (χ1v) is 9.55. The largest absolute Gasteiger partial charge is 0.368 e. The highest BCUT2D eigenvalue weighted by molar-refractivity contribution is 6.30. The lowest BCUT2D eigenvalue weighted by molar-refractivity contribution is -0.115. The second-order valence-electron chi connectivity index (χ2n) is 6.86. The van der Waals surface area contributed by atoms with Crippen LogP contribution in [0.15, 0.2) is 24.3 Å². The Kier molecular flexibility index (Phi) is 6.35. The van der Waals surface area contributed by atoms with Crippen molar-refractivity contribution in [2.45, 2.75) is 19.8 Å². The normalized spacial score (nSPS) is 14.3. The van der Waals surface area contributed by atoms with Crippen molar-refractivity contribution in [2.24, 2.45) is 0 Å². The Morgan fingerprint density at radius 3 is 2.46 bits per heavy atom. The fraction of sp³-hybridized carbons (Fsp3) is 0.444. The van der Waals surface area contributed by atoms with Gasteiger partial charge >= 0.3 is 6.03 Å². The number of anilines is 2. The number of hydrogen-bond donors (Lipinski definition) is 3. The zero-order valence-corrected chi connectivity index (χ0v) is 16.7. The minimum absolute atomic E-state index is 0.137. The smallest absolute Gasteiger partial charge is 0.317 e. The molecule has 10 heteroatoms. The molecular weight excluding hydrogens is 382 g/mol. The van der Waals surface area contributed by atoms with E-state index in [0.29, 0.717) is 23.9 Å². The standard InChI is InChI=1S/C18H24ClN7O2/c1-12(2)16-22-17(24-23-16)21-15(27)11-20-18(28)26-9-7-25(8-10-26)14-5-3-13(19)4-6-14/h3-6,12H,7-11H2,1-2H3,(H,20,28)(H2,21,22,23,24,27). The molecule has 0 aliphatic carbocycles. The molecule has 1 fully saturated rings. The van der Waals surface area contributed by atoms with Gasteiger partial charge < -0.3 is 15.1 Å². The molecule has 0 bridgehead atoms. The maximum absolute atomic E-state index is 12.3. The number of carbonyl (C=O) groups is 2. The SMILES string of the molecule is CC(C)c1nc(NC(=O)CNC(=O)N2CCN(c3ccc(Cl)cc3)CC2)n[nH]1. The fourth-order valence-corrected chi connectivity index (χ4v) is 2.97. The molecular formula is C18H24ClN7O2. The molecule has 1 aliphatic rings. The number of H-pyrrole nitrogens is 1. The molecule has 3 amide bonds. The summed E-state index contributed by atoms with van der Waals surface area (Å²) in [5.74, 6) is 0.712. The third-order valence-electron chi connectivity index (χ3n) is 4.46. The summed E-state index contributed by atoms with van der Waals surface area (Å²) in [6, 6.07) is 7.38. The monoisotopic (exact) mass is 405 g/mol. The zero-order chi connectivity index (χ0) is 20.1. The predicted octanol–water partition coefficient (Wildman–Crippen LogP) is 2.05. The first kappa shape index (κ1) is 19.9. The molecule has 9 nitrogen and oxygen atoms in total. The Bertz CT molecular complexity index is 814. The van der Waals surface area contributed by atoms with Crippen LogP contribution in [-0.2, 0) is 4.79 Å². The van der Waals surface area contributed by atoms with Gasteiger partial charge in [-0.25, -0.2) is 4.79 Å². The second-order valence-corrected chi connectivity index (χ2v) is 7.29. The highest BCUT2D eigenvalue weighted by atomic mass is 35.5. The van der Waals surface area contributed by atoms with E-state index in [2.05, 4.69) is 30.7 Å². The topological polar surface area (TPSA) is 106 Å². The number of urea groups is 1. The Morgan fingerprint density at radius 1 is 1.18 bits per heavy atom. The van der Waals surface area contributed by atoms with Crippen LogP contribution in [0, 0.1) is 0 Å². The van der Waals surface area contributed by atoms with Gasteiger partial charge in [-0.05, 0) is 24.3 Å². The van der Waals surface area contributed by atoms with Crippen molar-refractivity contribution in [1.82, 2.24) is 25.4 Å². The van der Waals surface area contributed by atoms with Crippen molar-refractivity contribution in [2.75, 3.05) is 42.9 Å². The number of carbonyl (C=O) groups excluding carboxylic acids is 2. The summed E-state index contributed by atoms with van der Waals surface area (Å²) in [6.07, 6.45) is 0. The fourth-order valence-electron chi connectivity index (χ4n) is 2.84. The summed E-state index contributed by atoms with van der Waals surface area (Å²) in [6.45, 7) is 6.40. The third-order valence-corrected chi connectivity index (χ3v) is 4.71. The van der Waals surface area contributed by atoms with Gasteiger partial charge in [0, 0.05) is 42.8 Å². The number of piperazine rings is 1. The molecule has 3 rings (SSSR count). The number of hydrogen-bond acceptors (Lipinski definition) is 5. The maximum atomic E-state index is 12.3. The number of aromatic amines is 1. The molecule has 3 N–H and O–H groups in total. The number of halogens is 1. The van der Waals surface area contributed by atoms with Crippen molar-refractivity contribution in [1.29, 1.82) is 0 Å². The van der Waals surface area contributed by atoms with Gasteiger partial charge in [0.15, 0.2) is 0 Å². The maximum Gasteiger partial charge on any atom is 0.317 e. The van der Waals surface area contributed by atoms with E-state index < -0.39 is 0 Å². The number of rotatable bonds is 5. The van der Waals surface area contributed by atoms with Gasteiger partial charge in [-0.2, -0.15) is 4.98 Å². The molecule has 0 saturated carbocycles. The Labute approximate surface area is 168 Å². The van der Waals surface area contributed by atoms with Crippen LogP contribution in [0.1, 0.15) is 25.6 Å². The Balaban J connectivity index is 1.41. The van der Waals surface area contributed by atoms with Gasteiger partial charge in [0.2, 0.25) is 11.9 Å². The lowest BCUT2D eigenvalue weighted by Crippen LogP contribution is -2.52. The van der Waals surface area contributed by atoms with Crippen LogP contribution < -0.4 is 15.5 Å². The van der Waals surface area contributed by atoms with Gasteiger partial charge in [0.05, 0.1) is 6.54 Å². The molecule has 2 heterocycles. The molecule has 1 aromatic carbocycles. The lowest BCUT2D eigenvalue weighted by atomic mass is 10.2. The van der Waals surface area contributed by atoms with Gasteiger partial charge in [-0.1, -0.05) is 25.4 Å². The van der Waals surface area contributed by atoms with Gasteiger partial charge in [-0.3, -0.25) is 15.2 Å². The summed E-state index contributed by atoms with van der Waals surface area (Å²) >= 11 is 5.92. The van der Waals surface area contributed by atoms with Crippen LogP contribution >= 0.6 is 11.6 Å². The van der Waals surface area contributed by atoms with Crippen LogP contribution in [0.25, 0.3) is 0 Å². The third kappa shape index (κ3) is 5.13. The van der Waals surface area contributed by atoms with E-state index in [-0.39, 0.29) is 30.3 Å². The lowest BCUT2D eigenvalue weighted by Gasteiger charge is -2.36. The van der Waals surface area contributed by atoms with Crippen molar-refractivity contribution >= 4 is 35.2 Å². The predicted molar refractivity (Wildman–Crippen MR) is 108 cm³/mol. The summed E-state index contributed by atoms with van der Waals surface area (Å²) < 4.78 is 0. The highest BCUT2D eigenvalue weighted by Gasteiger charge is 2.21. The summed E-state index contributed by atoms with van der Waals surface area (Å²) in [7, 11) is 0. The summed E-state index contributed by atoms with van der Waals surface area (Å²) in [4.78, 5) is 32.4. The molecule has 0 radical (unpaired) electrons. The summed E-state index contributed by atoms with van der Waals surface area (Å²) in [5.41, 5.74) is 1.08. The summed E-state index contributed by atoms with van der Waals surface area (Å²) in [5, 5.41) is 12.6. The van der Waals surface area contributed by atoms with Crippen molar-refractivity contribution < 1.29 is 9.59 Å². The van der Waals surface area contributed by atoms with Gasteiger partial charge in [-0.15, -0.1) is 5.10 Å². The highest BCUT2D eigenvalue weighted by Crippen LogP contribution is 2.19. The van der Waals surface area contributed by atoms with Crippen LogP contribution in [-0.4, -0.2) is 64.7 Å². The Hall–Kier alpha value is -2.81. The Morgan fingerprint density at radius 2 is 1.86 bits per heavy atom. The van der Waals surface area contributed by atoms with Crippen LogP contribution in [0.4, 0.5) is 16.4 Å². The van der Waals surface area contributed by atoms with Crippen LogP contribution in [0.2, 0.25) is 5.02 Å². The van der Waals surface area contributed by atoms with Gasteiger partial charge in [0.1, 0.15) is 5.82 Å². The molecule has 0 atom stereocenters. The molecule has 0 spiro atoms. The van der Waals surface area contributed by atoms with Crippen molar-refractivity contribution in [3.63, 3.8) is 0 Å². The number of nitrogens with one attached hydrogen (secondary N) is 3. The van der Waals surface area contributed by atoms with Crippen molar-refractivity contribution in [3.8, 4) is 0 Å². The van der Waals surface area contributed by atoms with E-state index >= 15 is 0 Å². The van der Waals surface area contributed by atoms with Crippen LogP contribution in [0.3, 0.4) is 0 Å².